The molecule has 0 aromatic heterocycles. The van der Waals surface area contributed by atoms with Crippen LogP contribution in [0.5, 0.6) is 0 Å². The summed E-state index contributed by atoms with van der Waals surface area (Å²) >= 11 is 0. The molecule has 2 amide bonds. The molecular weight excluding hydrogens is 384 g/mol. The average Bonchev–Trinajstić information content (AvgIpc) is 3.33. The topological polar surface area (TPSA) is 105 Å². The molecule has 154 valence electrons. The summed E-state index contributed by atoms with van der Waals surface area (Å²) in [5.41, 5.74) is 5.09. The predicted octanol–water partition coefficient (Wildman–Crippen LogP) is 2.81. The Morgan fingerprint density at radius 2 is 1.63 bits per heavy atom. The van der Waals surface area contributed by atoms with Crippen LogP contribution in [0.2, 0.25) is 0 Å². The lowest BCUT2D eigenvalue weighted by atomic mass is 9.98. The van der Waals surface area contributed by atoms with E-state index in [9.17, 15) is 14.4 Å². The summed E-state index contributed by atoms with van der Waals surface area (Å²) in [6.07, 6.45) is 2.03. The van der Waals surface area contributed by atoms with Crippen LogP contribution < -0.4 is 10.6 Å². The number of ether oxygens (including phenoxy) is 1. The highest BCUT2D eigenvalue weighted by molar-refractivity contribution is 5.95. The largest absolute Gasteiger partial charge is 0.480 e. The lowest BCUT2D eigenvalue weighted by molar-refractivity contribution is -0.137. The normalized spacial score (nSPS) is 16.9. The lowest BCUT2D eigenvalue weighted by Crippen LogP contribution is -2.35. The van der Waals surface area contributed by atoms with Gasteiger partial charge in [-0.1, -0.05) is 54.6 Å². The molecule has 0 heterocycles. The van der Waals surface area contributed by atoms with Crippen LogP contribution in [-0.4, -0.2) is 42.3 Å². The van der Waals surface area contributed by atoms with Gasteiger partial charge in [0, 0.05) is 17.5 Å². The zero-order valence-corrected chi connectivity index (χ0v) is 16.3. The fourth-order valence-corrected chi connectivity index (χ4v) is 4.09. The second-order valence-electron chi connectivity index (χ2n) is 7.41. The third kappa shape index (κ3) is 4.05. The molecule has 0 saturated heterocycles. The second-order valence-corrected chi connectivity index (χ2v) is 7.41. The minimum atomic E-state index is -1.10. The third-order valence-corrected chi connectivity index (χ3v) is 5.47. The van der Waals surface area contributed by atoms with Gasteiger partial charge in [-0.3, -0.25) is 9.59 Å². The Bertz CT molecular complexity index is 984. The highest BCUT2D eigenvalue weighted by Crippen LogP contribution is 2.44. The fourth-order valence-electron chi connectivity index (χ4n) is 4.09. The number of carbonyl (C=O) groups excluding carboxylic acids is 2. The summed E-state index contributed by atoms with van der Waals surface area (Å²) in [5, 5.41) is 13.8. The number of benzene rings is 2. The summed E-state index contributed by atoms with van der Waals surface area (Å²) in [6, 6.07) is 16.0. The standard InChI is InChI=1S/C23H22N2O5/c26-21(27)12-24-22(28)14-9-10-15(11-14)25-23(29)30-13-20-18-7-3-1-5-16(18)17-6-2-4-8-19(17)20/h1-9,15,20H,10-13H2,(H,24,28)(H,25,29)(H,26,27). The van der Waals surface area contributed by atoms with E-state index in [0.717, 1.165) is 11.1 Å². The number of fused-ring (bicyclic) bond motifs is 3. The van der Waals surface area contributed by atoms with Gasteiger partial charge >= 0.3 is 12.1 Å². The van der Waals surface area contributed by atoms with Crippen LogP contribution >= 0.6 is 0 Å². The Morgan fingerprint density at radius 3 is 2.27 bits per heavy atom. The van der Waals surface area contributed by atoms with Gasteiger partial charge in [-0.15, -0.1) is 0 Å². The van der Waals surface area contributed by atoms with Crippen LogP contribution in [0.1, 0.15) is 29.9 Å². The van der Waals surface area contributed by atoms with Crippen molar-refractivity contribution in [2.45, 2.75) is 24.8 Å². The number of rotatable bonds is 6. The maximum atomic E-state index is 12.3. The molecule has 7 heteroatoms. The summed E-state index contributed by atoms with van der Waals surface area (Å²) in [6.45, 7) is -0.202. The Kier molecular flexibility index (Phi) is 5.52. The molecule has 0 saturated carbocycles. The van der Waals surface area contributed by atoms with E-state index in [2.05, 4.69) is 34.9 Å². The number of amides is 2. The number of nitrogens with one attached hydrogen (secondary N) is 2. The van der Waals surface area contributed by atoms with Gasteiger partial charge in [0.25, 0.3) is 0 Å². The van der Waals surface area contributed by atoms with Crippen LogP contribution in [0.4, 0.5) is 4.79 Å². The molecule has 0 bridgehead atoms. The van der Waals surface area contributed by atoms with Crippen LogP contribution in [0, 0.1) is 0 Å². The Labute approximate surface area is 173 Å². The molecule has 0 spiro atoms. The summed E-state index contributed by atoms with van der Waals surface area (Å²) in [4.78, 5) is 34.8. The maximum absolute atomic E-state index is 12.3. The van der Waals surface area contributed by atoms with Gasteiger partial charge in [-0.05, 0) is 35.1 Å². The molecule has 0 fully saturated rings. The molecule has 30 heavy (non-hydrogen) atoms. The second kappa shape index (κ2) is 8.41. The molecule has 1 atom stereocenters. The first-order valence-corrected chi connectivity index (χ1v) is 9.83. The summed E-state index contributed by atoms with van der Waals surface area (Å²) < 4.78 is 5.52. The van der Waals surface area contributed by atoms with Crippen LogP contribution in [-0.2, 0) is 14.3 Å². The Morgan fingerprint density at radius 1 is 1.00 bits per heavy atom. The lowest BCUT2D eigenvalue weighted by Gasteiger charge is -2.17. The van der Waals surface area contributed by atoms with Crippen molar-refractivity contribution in [1.82, 2.24) is 10.6 Å². The molecule has 2 aliphatic rings. The van der Waals surface area contributed by atoms with E-state index in [1.165, 1.54) is 11.1 Å². The van der Waals surface area contributed by atoms with Crippen molar-refractivity contribution in [3.8, 4) is 11.1 Å². The van der Waals surface area contributed by atoms with Crippen molar-refractivity contribution in [2.75, 3.05) is 13.2 Å². The first-order chi connectivity index (χ1) is 14.5. The molecule has 2 aromatic rings. The van der Waals surface area contributed by atoms with Crippen molar-refractivity contribution in [3.05, 3.63) is 71.3 Å². The van der Waals surface area contributed by atoms with Crippen molar-refractivity contribution in [1.29, 1.82) is 0 Å². The van der Waals surface area contributed by atoms with Crippen LogP contribution in [0.25, 0.3) is 11.1 Å². The van der Waals surface area contributed by atoms with Gasteiger partial charge < -0.3 is 20.5 Å². The van der Waals surface area contributed by atoms with Gasteiger partial charge in [0.2, 0.25) is 5.91 Å². The molecule has 4 rings (SSSR count). The zero-order chi connectivity index (χ0) is 21.1. The highest BCUT2D eigenvalue weighted by Gasteiger charge is 2.30. The monoisotopic (exact) mass is 406 g/mol. The predicted molar refractivity (Wildman–Crippen MR) is 110 cm³/mol. The Hall–Kier alpha value is -3.61. The molecule has 3 N–H and O–H groups in total. The minimum Gasteiger partial charge on any atom is -0.480 e. The van der Waals surface area contributed by atoms with E-state index >= 15 is 0 Å². The highest BCUT2D eigenvalue weighted by atomic mass is 16.5. The number of carbonyl (C=O) groups is 3. The minimum absolute atomic E-state index is 0.0118. The molecule has 2 aliphatic carbocycles. The van der Waals surface area contributed by atoms with Crippen molar-refractivity contribution in [2.24, 2.45) is 0 Å². The van der Waals surface area contributed by atoms with Crippen LogP contribution in [0.3, 0.4) is 0 Å². The van der Waals surface area contributed by atoms with E-state index in [1.807, 2.05) is 24.3 Å². The number of alkyl carbamates (subject to hydrolysis) is 1. The fraction of sp³-hybridized carbons (Fsp3) is 0.261. The SMILES string of the molecule is O=C(O)CNC(=O)C1=CCC(NC(=O)OCC2c3ccccc3-c3ccccc32)C1. The van der Waals surface area contributed by atoms with E-state index < -0.39 is 24.5 Å². The first-order valence-electron chi connectivity index (χ1n) is 9.83. The van der Waals surface area contributed by atoms with Gasteiger partial charge in [0.15, 0.2) is 0 Å². The summed E-state index contributed by atoms with van der Waals surface area (Å²) in [5.74, 6) is -1.54. The molecule has 7 nitrogen and oxygen atoms in total. The van der Waals surface area contributed by atoms with Gasteiger partial charge in [0.05, 0.1) is 0 Å². The number of carboxylic acid groups (broad SMARTS) is 1. The van der Waals surface area contributed by atoms with E-state index in [4.69, 9.17) is 9.84 Å². The van der Waals surface area contributed by atoms with Gasteiger partial charge in [0.1, 0.15) is 13.2 Å². The number of aliphatic carboxylic acids is 1. The smallest absolute Gasteiger partial charge is 0.407 e. The summed E-state index contributed by atoms with van der Waals surface area (Å²) in [7, 11) is 0. The molecular formula is C23H22N2O5. The number of hydrogen-bond donors (Lipinski definition) is 3. The maximum Gasteiger partial charge on any atom is 0.407 e. The zero-order valence-electron chi connectivity index (χ0n) is 16.3. The number of hydrogen-bond acceptors (Lipinski definition) is 4. The van der Waals surface area contributed by atoms with Crippen molar-refractivity contribution >= 4 is 18.0 Å². The third-order valence-electron chi connectivity index (χ3n) is 5.47. The van der Waals surface area contributed by atoms with Gasteiger partial charge in [-0.2, -0.15) is 0 Å². The average molecular weight is 406 g/mol. The van der Waals surface area contributed by atoms with Crippen molar-refractivity contribution in [3.63, 3.8) is 0 Å². The van der Waals surface area contributed by atoms with E-state index in [0.29, 0.717) is 18.4 Å². The quantitative estimate of drug-likeness (QED) is 0.684. The molecule has 0 radical (unpaired) electrons. The number of carboxylic acids is 1. The van der Waals surface area contributed by atoms with E-state index in [1.54, 1.807) is 6.08 Å². The first kappa shape index (κ1) is 19.7. The van der Waals surface area contributed by atoms with Crippen molar-refractivity contribution < 1.29 is 24.2 Å². The molecule has 0 aliphatic heterocycles. The van der Waals surface area contributed by atoms with E-state index in [-0.39, 0.29) is 18.6 Å². The molecule has 1 unspecified atom stereocenters. The van der Waals surface area contributed by atoms with Crippen LogP contribution in [0.15, 0.2) is 60.2 Å². The Balaban J connectivity index is 1.31. The van der Waals surface area contributed by atoms with Gasteiger partial charge in [-0.25, -0.2) is 4.79 Å². The molecule has 2 aromatic carbocycles.